The van der Waals surface area contributed by atoms with Crippen molar-refractivity contribution in [3.8, 4) is 5.75 Å². The molecule has 1 aromatic heterocycles. The topological polar surface area (TPSA) is 64.1 Å². The number of hydrogen-bond donors (Lipinski definition) is 1. The highest BCUT2D eigenvalue weighted by Gasteiger charge is 2.20. The molecule has 2 rings (SSSR count). The van der Waals surface area contributed by atoms with Crippen molar-refractivity contribution in [2.24, 2.45) is 0 Å². The van der Waals surface area contributed by atoms with Crippen molar-refractivity contribution in [2.45, 2.75) is 37.1 Å². The Balaban J connectivity index is 1.94. The van der Waals surface area contributed by atoms with Gasteiger partial charge in [0.25, 0.3) is 5.91 Å². The summed E-state index contributed by atoms with van der Waals surface area (Å²) in [5.74, 6) is 0.777. The monoisotopic (exact) mass is 355 g/mol. The van der Waals surface area contributed by atoms with Gasteiger partial charge in [-0.2, -0.15) is 0 Å². The highest BCUT2D eigenvalue weighted by atomic mass is 32.2. The fraction of sp³-hybridized carbons (Fsp3) is 0.400. The fourth-order valence-corrected chi connectivity index (χ4v) is 3.37. The van der Waals surface area contributed by atoms with Gasteiger partial charge in [-0.1, -0.05) is 36.9 Å². The number of hydrogen-bond acceptors (Lipinski definition) is 6. The highest BCUT2D eigenvalue weighted by Crippen LogP contribution is 2.26. The summed E-state index contributed by atoms with van der Waals surface area (Å²) in [5.41, 5.74) is 0. The number of halogens is 1. The summed E-state index contributed by atoms with van der Waals surface area (Å²) in [4.78, 5) is 12.3. The third kappa shape index (κ3) is 5.47. The predicted molar refractivity (Wildman–Crippen MR) is 90.7 cm³/mol. The van der Waals surface area contributed by atoms with Crippen LogP contribution in [0.2, 0.25) is 0 Å². The Morgan fingerprint density at radius 3 is 2.74 bits per heavy atom. The van der Waals surface area contributed by atoms with E-state index in [-0.39, 0.29) is 11.7 Å². The summed E-state index contributed by atoms with van der Waals surface area (Å²) in [7, 11) is 0. The number of benzene rings is 1. The van der Waals surface area contributed by atoms with Crippen LogP contribution in [0.1, 0.15) is 26.7 Å². The molecule has 0 unspecified atom stereocenters. The molecule has 0 saturated carbocycles. The second-order valence-electron chi connectivity index (χ2n) is 4.68. The van der Waals surface area contributed by atoms with Gasteiger partial charge >= 0.3 is 0 Å². The molecule has 2 aromatic rings. The van der Waals surface area contributed by atoms with Crippen LogP contribution in [0.3, 0.4) is 0 Å². The molecule has 5 nitrogen and oxygen atoms in total. The number of rotatable bonds is 8. The lowest BCUT2D eigenvalue weighted by Crippen LogP contribution is -2.32. The summed E-state index contributed by atoms with van der Waals surface area (Å²) in [5, 5.41) is 11.1. The van der Waals surface area contributed by atoms with Gasteiger partial charge in [0.05, 0.1) is 0 Å². The minimum absolute atomic E-state index is 0.292. The van der Waals surface area contributed by atoms with Gasteiger partial charge in [-0.15, -0.1) is 10.2 Å². The van der Waals surface area contributed by atoms with E-state index in [2.05, 4.69) is 22.4 Å². The normalized spacial score (nSPS) is 12.0. The van der Waals surface area contributed by atoms with E-state index < -0.39 is 6.10 Å². The second-order valence-corrected chi connectivity index (χ2v) is 7.00. The second kappa shape index (κ2) is 8.83. The summed E-state index contributed by atoms with van der Waals surface area (Å²) < 4.78 is 19.3. The number of ether oxygens (including phenoxy) is 1. The molecule has 1 N–H and O–H groups in total. The van der Waals surface area contributed by atoms with Crippen LogP contribution in [0, 0.1) is 5.82 Å². The summed E-state index contributed by atoms with van der Waals surface area (Å²) in [6, 6.07) is 5.58. The van der Waals surface area contributed by atoms with Gasteiger partial charge in [-0.3, -0.25) is 10.1 Å². The largest absolute Gasteiger partial charge is 0.481 e. The van der Waals surface area contributed by atoms with Gasteiger partial charge in [-0.25, -0.2) is 4.39 Å². The molecule has 0 aliphatic heterocycles. The van der Waals surface area contributed by atoms with E-state index in [1.165, 1.54) is 35.6 Å². The van der Waals surface area contributed by atoms with E-state index in [4.69, 9.17) is 4.74 Å². The molecular formula is C15H18FN3O2S2. The molecule has 0 aliphatic carbocycles. The summed E-state index contributed by atoms with van der Waals surface area (Å²) in [6.45, 7) is 3.94. The first-order valence-electron chi connectivity index (χ1n) is 7.31. The van der Waals surface area contributed by atoms with E-state index in [0.29, 0.717) is 17.3 Å². The molecule has 0 bridgehead atoms. The van der Waals surface area contributed by atoms with Gasteiger partial charge in [0.15, 0.2) is 10.4 Å². The molecular weight excluding hydrogens is 337 g/mol. The number of carbonyl (C=O) groups excluding carboxylic acids is 1. The Kier molecular flexibility index (Phi) is 6.79. The lowest BCUT2D eigenvalue weighted by molar-refractivity contribution is -0.122. The number of anilines is 1. The third-order valence-corrected chi connectivity index (χ3v) is 5.00. The molecule has 8 heteroatoms. The standard InChI is InChI=1S/C15H18FN3O2S2/c1-3-9-22-15-19-18-14(23-15)17-13(20)12(4-2)21-11-7-5-10(16)6-8-11/h5-8,12H,3-4,9H2,1-2H3,(H,17,18,20)/t12-/m0/s1. The van der Waals surface area contributed by atoms with Crippen molar-refractivity contribution in [3.63, 3.8) is 0 Å². The van der Waals surface area contributed by atoms with E-state index in [1.54, 1.807) is 11.8 Å². The first-order chi connectivity index (χ1) is 11.1. The lowest BCUT2D eigenvalue weighted by atomic mass is 10.2. The molecule has 0 aliphatic rings. The Morgan fingerprint density at radius 2 is 2.09 bits per heavy atom. The van der Waals surface area contributed by atoms with Crippen LogP contribution in [0.5, 0.6) is 5.75 Å². The van der Waals surface area contributed by atoms with Crippen molar-refractivity contribution < 1.29 is 13.9 Å². The smallest absolute Gasteiger partial charge is 0.267 e. The zero-order chi connectivity index (χ0) is 16.7. The van der Waals surface area contributed by atoms with Crippen LogP contribution in [0.25, 0.3) is 0 Å². The molecule has 0 radical (unpaired) electrons. The average Bonchev–Trinajstić information content (AvgIpc) is 2.99. The predicted octanol–water partition coefficient (Wildman–Crippen LogP) is 3.98. The molecule has 23 heavy (non-hydrogen) atoms. The zero-order valence-corrected chi connectivity index (χ0v) is 14.5. The lowest BCUT2D eigenvalue weighted by Gasteiger charge is -2.16. The Bertz CT molecular complexity index is 634. The van der Waals surface area contributed by atoms with Crippen LogP contribution >= 0.6 is 23.1 Å². The van der Waals surface area contributed by atoms with E-state index in [9.17, 15) is 9.18 Å². The van der Waals surface area contributed by atoms with Gasteiger partial charge in [0.1, 0.15) is 11.6 Å². The minimum Gasteiger partial charge on any atom is -0.481 e. The van der Waals surface area contributed by atoms with Crippen molar-refractivity contribution >= 4 is 34.1 Å². The molecule has 124 valence electrons. The Labute approximate surface area is 142 Å². The number of nitrogens with zero attached hydrogens (tertiary/aromatic N) is 2. The molecule has 0 spiro atoms. The van der Waals surface area contributed by atoms with Crippen molar-refractivity contribution in [1.29, 1.82) is 0 Å². The van der Waals surface area contributed by atoms with Gasteiger partial charge < -0.3 is 4.74 Å². The SMILES string of the molecule is CCCSc1nnc(NC(=O)[C@H](CC)Oc2ccc(F)cc2)s1. The van der Waals surface area contributed by atoms with E-state index in [0.717, 1.165) is 16.5 Å². The third-order valence-electron chi connectivity index (χ3n) is 2.82. The van der Waals surface area contributed by atoms with Crippen LogP contribution in [-0.4, -0.2) is 28.0 Å². The van der Waals surface area contributed by atoms with Crippen LogP contribution in [0.4, 0.5) is 9.52 Å². The quantitative estimate of drug-likeness (QED) is 0.573. The molecule has 1 amide bonds. The molecule has 1 heterocycles. The summed E-state index contributed by atoms with van der Waals surface area (Å²) in [6.07, 6.45) is 0.866. The number of nitrogens with one attached hydrogen (secondary N) is 1. The molecule has 1 aromatic carbocycles. The molecule has 1 atom stereocenters. The summed E-state index contributed by atoms with van der Waals surface area (Å²) >= 11 is 2.95. The van der Waals surface area contributed by atoms with E-state index in [1.807, 2.05) is 6.92 Å². The minimum atomic E-state index is -0.670. The highest BCUT2D eigenvalue weighted by molar-refractivity contribution is 8.01. The van der Waals surface area contributed by atoms with Gasteiger partial charge in [-0.05, 0) is 37.1 Å². The maximum Gasteiger partial charge on any atom is 0.267 e. The molecule has 0 fully saturated rings. The van der Waals surface area contributed by atoms with Crippen molar-refractivity contribution in [2.75, 3.05) is 11.1 Å². The maximum absolute atomic E-state index is 12.9. The van der Waals surface area contributed by atoms with Gasteiger partial charge in [0.2, 0.25) is 5.13 Å². The average molecular weight is 355 g/mol. The maximum atomic E-state index is 12.9. The van der Waals surface area contributed by atoms with Gasteiger partial charge in [0, 0.05) is 5.75 Å². The fourth-order valence-electron chi connectivity index (χ4n) is 1.69. The first kappa shape index (κ1) is 17.7. The van der Waals surface area contributed by atoms with Crippen LogP contribution < -0.4 is 10.1 Å². The molecule has 0 saturated heterocycles. The van der Waals surface area contributed by atoms with Crippen LogP contribution in [0.15, 0.2) is 28.6 Å². The zero-order valence-electron chi connectivity index (χ0n) is 12.9. The van der Waals surface area contributed by atoms with Crippen LogP contribution in [-0.2, 0) is 4.79 Å². The Morgan fingerprint density at radius 1 is 1.35 bits per heavy atom. The van der Waals surface area contributed by atoms with Crippen molar-refractivity contribution in [3.05, 3.63) is 30.1 Å². The Hall–Kier alpha value is -1.67. The number of carbonyl (C=O) groups is 1. The van der Waals surface area contributed by atoms with Crippen molar-refractivity contribution in [1.82, 2.24) is 10.2 Å². The number of thioether (sulfide) groups is 1. The number of amides is 1. The first-order valence-corrected chi connectivity index (χ1v) is 9.12. The van der Waals surface area contributed by atoms with E-state index >= 15 is 0 Å². The number of aromatic nitrogens is 2.